The Kier molecular flexibility index (Phi) is 2.54. The van der Waals surface area contributed by atoms with Gasteiger partial charge in [0.25, 0.3) is 0 Å². The lowest BCUT2D eigenvalue weighted by Crippen LogP contribution is -2.22. The molecule has 2 aliphatic carbocycles. The summed E-state index contributed by atoms with van der Waals surface area (Å²) in [6, 6.07) is 0. The number of aliphatic hydroxyl groups is 1. The van der Waals surface area contributed by atoms with E-state index in [9.17, 15) is 0 Å². The highest BCUT2D eigenvalue weighted by atomic mass is 16.3. The lowest BCUT2D eigenvalue weighted by Gasteiger charge is -2.12. The number of hydrazone groups is 1. The van der Waals surface area contributed by atoms with Crippen LogP contribution < -0.4 is 5.43 Å². The molecule has 3 nitrogen and oxygen atoms in total. The van der Waals surface area contributed by atoms with Gasteiger partial charge in [0, 0.05) is 11.6 Å². The third-order valence-corrected chi connectivity index (χ3v) is 2.97. The maximum atomic E-state index is 9.03. The SMILES string of the molecule is CC(O)CN/N=C1/CCC[C@H]2C[C@@H]12. The van der Waals surface area contributed by atoms with Crippen LogP contribution in [0.1, 0.15) is 32.6 Å². The number of nitrogens with zero attached hydrogens (tertiary/aromatic N) is 1. The zero-order chi connectivity index (χ0) is 9.26. The van der Waals surface area contributed by atoms with E-state index in [1.165, 1.54) is 25.0 Å². The molecule has 2 fully saturated rings. The van der Waals surface area contributed by atoms with E-state index in [1.807, 2.05) is 0 Å². The van der Waals surface area contributed by atoms with E-state index in [1.54, 1.807) is 6.92 Å². The highest BCUT2D eigenvalue weighted by Gasteiger charge is 2.43. The van der Waals surface area contributed by atoms with Crippen LogP contribution >= 0.6 is 0 Å². The lowest BCUT2D eigenvalue weighted by atomic mass is 9.99. The minimum Gasteiger partial charge on any atom is -0.392 e. The molecule has 0 bridgehead atoms. The molecule has 0 amide bonds. The average Bonchev–Trinajstić information content (AvgIpc) is 2.82. The third kappa shape index (κ3) is 2.21. The first-order valence-electron chi connectivity index (χ1n) is 5.24. The first kappa shape index (κ1) is 9.00. The smallest absolute Gasteiger partial charge is 0.0701 e. The molecule has 13 heavy (non-hydrogen) atoms. The van der Waals surface area contributed by atoms with Crippen LogP contribution in [-0.2, 0) is 0 Å². The van der Waals surface area contributed by atoms with E-state index < -0.39 is 0 Å². The van der Waals surface area contributed by atoms with Crippen molar-refractivity contribution in [2.45, 2.75) is 38.7 Å². The van der Waals surface area contributed by atoms with E-state index in [0.717, 1.165) is 18.3 Å². The average molecular weight is 182 g/mol. The molecule has 2 rings (SSSR count). The fourth-order valence-corrected chi connectivity index (χ4v) is 2.12. The minimum atomic E-state index is -0.303. The zero-order valence-electron chi connectivity index (χ0n) is 8.16. The predicted molar refractivity (Wildman–Crippen MR) is 52.6 cm³/mol. The molecule has 0 spiro atoms. The van der Waals surface area contributed by atoms with E-state index in [0.29, 0.717) is 6.54 Å². The molecule has 0 aromatic heterocycles. The van der Waals surface area contributed by atoms with Gasteiger partial charge in [-0.05, 0) is 38.5 Å². The molecule has 3 heteroatoms. The quantitative estimate of drug-likeness (QED) is 0.643. The summed E-state index contributed by atoms with van der Waals surface area (Å²) in [4.78, 5) is 0. The van der Waals surface area contributed by atoms with Crippen molar-refractivity contribution in [2.75, 3.05) is 6.54 Å². The summed E-state index contributed by atoms with van der Waals surface area (Å²) in [7, 11) is 0. The van der Waals surface area contributed by atoms with Crippen LogP contribution in [0.4, 0.5) is 0 Å². The Hall–Kier alpha value is -0.570. The summed E-state index contributed by atoms with van der Waals surface area (Å²) in [6.45, 7) is 2.34. The molecule has 0 aliphatic heterocycles. The van der Waals surface area contributed by atoms with Crippen molar-refractivity contribution in [3.05, 3.63) is 0 Å². The van der Waals surface area contributed by atoms with Gasteiger partial charge in [0.15, 0.2) is 0 Å². The first-order chi connectivity index (χ1) is 6.27. The normalized spacial score (nSPS) is 36.9. The van der Waals surface area contributed by atoms with Gasteiger partial charge in [-0.1, -0.05) is 0 Å². The highest BCUT2D eigenvalue weighted by molar-refractivity contribution is 5.89. The Bertz CT molecular complexity index is 213. The highest BCUT2D eigenvalue weighted by Crippen LogP contribution is 2.47. The number of fused-ring (bicyclic) bond motifs is 1. The van der Waals surface area contributed by atoms with Crippen LogP contribution in [0.2, 0.25) is 0 Å². The third-order valence-electron chi connectivity index (χ3n) is 2.97. The van der Waals surface area contributed by atoms with Crippen molar-refractivity contribution >= 4 is 5.71 Å². The lowest BCUT2D eigenvalue weighted by molar-refractivity contribution is 0.192. The Labute approximate surface area is 79.2 Å². The van der Waals surface area contributed by atoms with Gasteiger partial charge in [0.05, 0.1) is 12.6 Å². The van der Waals surface area contributed by atoms with E-state index in [-0.39, 0.29) is 6.10 Å². The van der Waals surface area contributed by atoms with Crippen LogP contribution in [0, 0.1) is 11.8 Å². The van der Waals surface area contributed by atoms with Gasteiger partial charge in [-0.15, -0.1) is 0 Å². The predicted octanol–water partition coefficient (Wildman–Crippen LogP) is 1.13. The van der Waals surface area contributed by atoms with Crippen molar-refractivity contribution in [3.8, 4) is 0 Å². The number of nitrogens with one attached hydrogen (secondary N) is 1. The Morgan fingerprint density at radius 2 is 2.54 bits per heavy atom. The number of hydrogen-bond donors (Lipinski definition) is 2. The van der Waals surface area contributed by atoms with Crippen LogP contribution in [-0.4, -0.2) is 23.5 Å². The van der Waals surface area contributed by atoms with Crippen molar-refractivity contribution in [1.29, 1.82) is 0 Å². The fourth-order valence-electron chi connectivity index (χ4n) is 2.12. The summed E-state index contributed by atoms with van der Waals surface area (Å²) in [5, 5.41) is 13.4. The summed E-state index contributed by atoms with van der Waals surface area (Å²) in [6.07, 6.45) is 4.92. The maximum absolute atomic E-state index is 9.03. The van der Waals surface area contributed by atoms with Crippen molar-refractivity contribution in [1.82, 2.24) is 5.43 Å². The van der Waals surface area contributed by atoms with Gasteiger partial charge in [0.2, 0.25) is 0 Å². The summed E-state index contributed by atoms with van der Waals surface area (Å²) in [5.41, 5.74) is 4.29. The largest absolute Gasteiger partial charge is 0.392 e. The molecule has 0 radical (unpaired) electrons. The number of hydrogen-bond acceptors (Lipinski definition) is 3. The maximum Gasteiger partial charge on any atom is 0.0701 e. The zero-order valence-corrected chi connectivity index (χ0v) is 8.16. The van der Waals surface area contributed by atoms with Gasteiger partial charge in [-0.2, -0.15) is 5.10 Å². The molecule has 2 N–H and O–H groups in total. The van der Waals surface area contributed by atoms with E-state index in [4.69, 9.17) is 5.11 Å². The van der Waals surface area contributed by atoms with E-state index in [2.05, 4.69) is 10.5 Å². The Morgan fingerprint density at radius 1 is 1.69 bits per heavy atom. The van der Waals surface area contributed by atoms with Crippen molar-refractivity contribution in [3.63, 3.8) is 0 Å². The summed E-state index contributed by atoms with van der Waals surface area (Å²) < 4.78 is 0. The molecule has 3 atom stereocenters. The van der Waals surface area contributed by atoms with Crippen molar-refractivity contribution < 1.29 is 5.11 Å². The fraction of sp³-hybridized carbons (Fsp3) is 0.900. The molecule has 74 valence electrons. The first-order valence-corrected chi connectivity index (χ1v) is 5.24. The number of rotatable bonds is 3. The minimum absolute atomic E-state index is 0.303. The second kappa shape index (κ2) is 3.66. The molecular weight excluding hydrogens is 164 g/mol. The monoisotopic (exact) mass is 182 g/mol. The Balaban J connectivity index is 1.78. The Morgan fingerprint density at radius 3 is 3.31 bits per heavy atom. The van der Waals surface area contributed by atoms with Crippen molar-refractivity contribution in [2.24, 2.45) is 16.9 Å². The van der Waals surface area contributed by atoms with Crippen LogP contribution in [0.25, 0.3) is 0 Å². The second-order valence-electron chi connectivity index (χ2n) is 4.31. The number of aliphatic hydroxyl groups excluding tert-OH is 1. The van der Waals surface area contributed by atoms with Gasteiger partial charge in [-0.3, -0.25) is 0 Å². The molecule has 0 saturated heterocycles. The molecule has 0 aromatic rings. The molecule has 0 heterocycles. The second-order valence-corrected chi connectivity index (χ2v) is 4.31. The van der Waals surface area contributed by atoms with Gasteiger partial charge < -0.3 is 10.5 Å². The standard InChI is InChI=1S/C10H18N2O/c1-7(13)6-11-12-10-4-2-3-8-5-9(8)10/h7-9,11,13H,2-6H2,1H3/b12-10-/t7?,8-,9+/m0/s1. The van der Waals surface area contributed by atoms with Gasteiger partial charge >= 0.3 is 0 Å². The summed E-state index contributed by atoms with van der Waals surface area (Å²) in [5.74, 6) is 1.73. The molecular formula is C10H18N2O. The van der Waals surface area contributed by atoms with Crippen LogP contribution in [0.15, 0.2) is 5.10 Å². The topological polar surface area (TPSA) is 44.6 Å². The van der Waals surface area contributed by atoms with Gasteiger partial charge in [0.1, 0.15) is 0 Å². The molecule has 2 aliphatic rings. The molecule has 2 saturated carbocycles. The summed E-state index contributed by atoms with van der Waals surface area (Å²) >= 11 is 0. The van der Waals surface area contributed by atoms with Crippen LogP contribution in [0.5, 0.6) is 0 Å². The molecule has 0 aromatic carbocycles. The van der Waals surface area contributed by atoms with Gasteiger partial charge in [-0.25, -0.2) is 0 Å². The van der Waals surface area contributed by atoms with E-state index >= 15 is 0 Å². The van der Waals surface area contributed by atoms with Crippen LogP contribution in [0.3, 0.4) is 0 Å². The molecule has 1 unspecified atom stereocenters.